The van der Waals surface area contributed by atoms with Crippen LogP contribution in [0, 0.1) is 0 Å². The van der Waals surface area contributed by atoms with Gasteiger partial charge in [-0.05, 0) is 36.6 Å². The molecule has 2 aromatic carbocycles. The minimum atomic E-state index is 0. The van der Waals surface area contributed by atoms with Crippen LogP contribution in [-0.2, 0) is 6.42 Å². The molecule has 0 amide bonds. The van der Waals surface area contributed by atoms with Gasteiger partial charge in [0.2, 0.25) is 0 Å². The summed E-state index contributed by atoms with van der Waals surface area (Å²) in [6, 6.07) is 19.3. The molecular formula is C20H29IN4. The van der Waals surface area contributed by atoms with E-state index in [2.05, 4.69) is 90.1 Å². The van der Waals surface area contributed by atoms with E-state index in [4.69, 9.17) is 0 Å². The SMILES string of the molecule is CN=C(NCCc1ccc(N(C)C)cc1)NC(C)c1ccccc1.I. The second-order valence-corrected chi connectivity index (χ2v) is 6.09. The summed E-state index contributed by atoms with van der Waals surface area (Å²) in [7, 11) is 5.92. The van der Waals surface area contributed by atoms with Gasteiger partial charge in [0, 0.05) is 33.4 Å². The summed E-state index contributed by atoms with van der Waals surface area (Å²) in [6.07, 6.45) is 0.966. The third-order valence-electron chi connectivity index (χ3n) is 4.04. The average molecular weight is 452 g/mol. The predicted molar refractivity (Wildman–Crippen MR) is 119 cm³/mol. The van der Waals surface area contributed by atoms with Crippen LogP contribution in [0.25, 0.3) is 0 Å². The quantitative estimate of drug-likeness (QED) is 0.398. The molecule has 0 radical (unpaired) electrons. The molecule has 5 heteroatoms. The lowest BCUT2D eigenvalue weighted by Crippen LogP contribution is -2.39. The molecule has 1 unspecified atom stereocenters. The smallest absolute Gasteiger partial charge is 0.191 e. The van der Waals surface area contributed by atoms with Gasteiger partial charge in [0.15, 0.2) is 5.96 Å². The Balaban J connectivity index is 0.00000312. The van der Waals surface area contributed by atoms with E-state index >= 15 is 0 Å². The number of guanidine groups is 1. The number of benzene rings is 2. The van der Waals surface area contributed by atoms with Crippen molar-refractivity contribution >= 4 is 35.6 Å². The van der Waals surface area contributed by atoms with Crippen molar-refractivity contribution in [3.63, 3.8) is 0 Å². The van der Waals surface area contributed by atoms with Crippen molar-refractivity contribution in [3.05, 3.63) is 65.7 Å². The monoisotopic (exact) mass is 452 g/mol. The molecule has 0 heterocycles. The molecule has 0 aromatic heterocycles. The van der Waals surface area contributed by atoms with Gasteiger partial charge in [-0.2, -0.15) is 0 Å². The van der Waals surface area contributed by atoms with Crippen molar-refractivity contribution in [1.29, 1.82) is 0 Å². The third-order valence-corrected chi connectivity index (χ3v) is 4.04. The van der Waals surface area contributed by atoms with E-state index in [0.29, 0.717) is 0 Å². The molecule has 0 fully saturated rings. The Hall–Kier alpha value is -1.76. The van der Waals surface area contributed by atoms with Crippen LogP contribution in [0.15, 0.2) is 59.6 Å². The second kappa shape index (κ2) is 11.0. The first-order valence-corrected chi connectivity index (χ1v) is 8.38. The van der Waals surface area contributed by atoms with Crippen molar-refractivity contribution in [1.82, 2.24) is 10.6 Å². The summed E-state index contributed by atoms with van der Waals surface area (Å²) in [5.41, 5.74) is 3.79. The molecule has 1 atom stereocenters. The van der Waals surface area contributed by atoms with Gasteiger partial charge in [-0.25, -0.2) is 0 Å². The van der Waals surface area contributed by atoms with Crippen LogP contribution in [0.4, 0.5) is 5.69 Å². The van der Waals surface area contributed by atoms with Crippen molar-refractivity contribution in [2.24, 2.45) is 4.99 Å². The number of hydrogen-bond donors (Lipinski definition) is 2. The van der Waals surface area contributed by atoms with Crippen LogP contribution >= 0.6 is 24.0 Å². The maximum absolute atomic E-state index is 4.31. The highest BCUT2D eigenvalue weighted by Crippen LogP contribution is 2.12. The zero-order valence-corrected chi connectivity index (χ0v) is 17.8. The molecule has 25 heavy (non-hydrogen) atoms. The standard InChI is InChI=1S/C20H28N4.HI/c1-16(18-8-6-5-7-9-18)23-20(21-2)22-15-14-17-10-12-19(13-11-17)24(3)4;/h5-13,16H,14-15H2,1-4H3,(H2,21,22,23);1H. The van der Waals surface area contributed by atoms with Gasteiger partial charge in [0.25, 0.3) is 0 Å². The van der Waals surface area contributed by atoms with E-state index in [1.165, 1.54) is 16.8 Å². The molecule has 0 aliphatic carbocycles. The number of aliphatic imine (C=N–C) groups is 1. The molecule has 2 aromatic rings. The van der Waals surface area contributed by atoms with Crippen LogP contribution in [0.3, 0.4) is 0 Å². The zero-order chi connectivity index (χ0) is 17.4. The molecule has 136 valence electrons. The summed E-state index contributed by atoms with van der Waals surface area (Å²) < 4.78 is 0. The number of rotatable bonds is 6. The van der Waals surface area contributed by atoms with E-state index < -0.39 is 0 Å². The third kappa shape index (κ3) is 6.94. The Morgan fingerprint density at radius 1 is 1.04 bits per heavy atom. The summed E-state index contributed by atoms with van der Waals surface area (Å²) in [4.78, 5) is 6.42. The number of halogens is 1. The molecule has 4 nitrogen and oxygen atoms in total. The second-order valence-electron chi connectivity index (χ2n) is 6.09. The highest BCUT2D eigenvalue weighted by molar-refractivity contribution is 14.0. The van der Waals surface area contributed by atoms with Gasteiger partial charge in [0.05, 0.1) is 6.04 Å². The first kappa shape index (κ1) is 21.3. The van der Waals surface area contributed by atoms with E-state index in [-0.39, 0.29) is 30.0 Å². The van der Waals surface area contributed by atoms with Gasteiger partial charge >= 0.3 is 0 Å². The van der Waals surface area contributed by atoms with Crippen LogP contribution in [0.1, 0.15) is 24.1 Å². The molecular weight excluding hydrogens is 423 g/mol. The number of nitrogens with zero attached hydrogens (tertiary/aromatic N) is 2. The molecule has 0 aliphatic rings. The Morgan fingerprint density at radius 3 is 2.24 bits per heavy atom. The van der Waals surface area contributed by atoms with Crippen molar-refractivity contribution in [3.8, 4) is 0 Å². The molecule has 2 N–H and O–H groups in total. The van der Waals surface area contributed by atoms with Crippen LogP contribution in [-0.4, -0.2) is 33.6 Å². The van der Waals surface area contributed by atoms with Gasteiger partial charge in [-0.1, -0.05) is 42.5 Å². The topological polar surface area (TPSA) is 39.7 Å². The highest BCUT2D eigenvalue weighted by atomic mass is 127. The largest absolute Gasteiger partial charge is 0.378 e. The average Bonchev–Trinajstić information content (AvgIpc) is 2.61. The fourth-order valence-electron chi connectivity index (χ4n) is 2.51. The first-order chi connectivity index (χ1) is 11.6. The van der Waals surface area contributed by atoms with Crippen molar-refractivity contribution in [2.75, 3.05) is 32.6 Å². The van der Waals surface area contributed by atoms with Crippen molar-refractivity contribution in [2.45, 2.75) is 19.4 Å². The maximum Gasteiger partial charge on any atom is 0.191 e. The van der Waals surface area contributed by atoms with E-state index in [9.17, 15) is 0 Å². The summed E-state index contributed by atoms with van der Waals surface area (Å²) in [5.74, 6) is 0.830. The van der Waals surface area contributed by atoms with Gasteiger partial charge in [0.1, 0.15) is 0 Å². The summed E-state index contributed by atoms with van der Waals surface area (Å²) >= 11 is 0. The maximum atomic E-state index is 4.31. The molecule has 0 bridgehead atoms. The lowest BCUT2D eigenvalue weighted by atomic mass is 10.1. The summed E-state index contributed by atoms with van der Waals surface area (Å²) in [5, 5.41) is 6.81. The Bertz CT molecular complexity index is 639. The molecule has 0 saturated carbocycles. The number of nitrogens with one attached hydrogen (secondary N) is 2. The minimum Gasteiger partial charge on any atom is -0.378 e. The lowest BCUT2D eigenvalue weighted by Gasteiger charge is -2.18. The predicted octanol–water partition coefficient (Wildman–Crippen LogP) is 3.84. The Morgan fingerprint density at radius 2 is 1.68 bits per heavy atom. The molecule has 0 aliphatic heterocycles. The Labute approximate surface area is 168 Å². The zero-order valence-electron chi connectivity index (χ0n) is 15.5. The van der Waals surface area contributed by atoms with Crippen molar-refractivity contribution < 1.29 is 0 Å². The fourth-order valence-corrected chi connectivity index (χ4v) is 2.51. The van der Waals surface area contributed by atoms with E-state index in [0.717, 1.165) is 18.9 Å². The van der Waals surface area contributed by atoms with Gasteiger partial charge in [-0.3, -0.25) is 4.99 Å². The number of hydrogen-bond acceptors (Lipinski definition) is 2. The van der Waals surface area contributed by atoms with Crippen LogP contribution < -0.4 is 15.5 Å². The molecule has 2 rings (SSSR count). The van der Waals surface area contributed by atoms with Gasteiger partial charge < -0.3 is 15.5 Å². The minimum absolute atomic E-state index is 0. The Kier molecular flexibility index (Phi) is 9.34. The summed E-state index contributed by atoms with van der Waals surface area (Å²) in [6.45, 7) is 2.99. The fraction of sp³-hybridized carbons (Fsp3) is 0.350. The molecule has 0 saturated heterocycles. The highest BCUT2D eigenvalue weighted by Gasteiger charge is 2.06. The lowest BCUT2D eigenvalue weighted by molar-refractivity contribution is 0.684. The first-order valence-electron chi connectivity index (χ1n) is 8.38. The van der Waals surface area contributed by atoms with Crippen LogP contribution in [0.2, 0.25) is 0 Å². The normalized spacial score (nSPS) is 12.1. The van der Waals surface area contributed by atoms with E-state index in [1.54, 1.807) is 7.05 Å². The number of anilines is 1. The van der Waals surface area contributed by atoms with E-state index in [1.807, 2.05) is 6.07 Å². The van der Waals surface area contributed by atoms with Crippen LogP contribution in [0.5, 0.6) is 0 Å². The van der Waals surface area contributed by atoms with Gasteiger partial charge in [-0.15, -0.1) is 24.0 Å². The molecule has 0 spiro atoms.